The fourth-order valence-corrected chi connectivity index (χ4v) is 3.48. The largest absolute Gasteiger partial charge is 0.340 e. The Hall–Kier alpha value is -3.29. The van der Waals surface area contributed by atoms with E-state index < -0.39 is 5.91 Å². The van der Waals surface area contributed by atoms with Crippen LogP contribution in [0.15, 0.2) is 60.7 Å². The number of amides is 1. The predicted octanol–water partition coefficient (Wildman–Crippen LogP) is 5.64. The van der Waals surface area contributed by atoms with Crippen molar-refractivity contribution in [2.24, 2.45) is 0 Å². The normalized spacial score (nSPS) is 11.3. The second kappa shape index (κ2) is 8.16. The number of carbonyl (C=O) groups is 1. The maximum atomic E-state index is 12.7. The van der Waals surface area contributed by atoms with Gasteiger partial charge in [-0.2, -0.15) is 5.26 Å². The Morgan fingerprint density at radius 1 is 1.29 bits per heavy atom. The lowest BCUT2D eigenvalue weighted by molar-refractivity contribution is -0.112. The minimum Gasteiger partial charge on any atom is -0.340 e. The van der Waals surface area contributed by atoms with E-state index in [0.717, 1.165) is 27.7 Å². The Labute approximate surface area is 169 Å². The molecule has 0 atom stereocenters. The molecule has 0 fully saturated rings. The fraction of sp³-hybridized carbons (Fsp3) is 0.130. The molecular weight excluding hydrogens is 370 g/mol. The van der Waals surface area contributed by atoms with E-state index in [1.165, 1.54) is 0 Å². The van der Waals surface area contributed by atoms with Gasteiger partial charge >= 0.3 is 0 Å². The van der Waals surface area contributed by atoms with E-state index in [1.807, 2.05) is 50.3 Å². The Morgan fingerprint density at radius 3 is 2.71 bits per heavy atom. The maximum absolute atomic E-state index is 12.7. The molecule has 140 valence electrons. The van der Waals surface area contributed by atoms with Crippen molar-refractivity contribution in [3.63, 3.8) is 0 Å². The molecule has 5 heteroatoms. The molecule has 1 heterocycles. The molecule has 1 amide bonds. The molecular formula is C23H20ClN3O. The molecule has 0 aliphatic heterocycles. The first kappa shape index (κ1) is 19.5. The van der Waals surface area contributed by atoms with Gasteiger partial charge in [-0.05, 0) is 49.8 Å². The number of nitrogens with zero attached hydrogens (tertiary/aromatic N) is 2. The van der Waals surface area contributed by atoms with Crippen molar-refractivity contribution < 1.29 is 4.79 Å². The van der Waals surface area contributed by atoms with Gasteiger partial charge in [-0.15, -0.1) is 6.58 Å². The average molecular weight is 390 g/mol. The topological polar surface area (TPSA) is 57.8 Å². The lowest BCUT2D eigenvalue weighted by Gasteiger charge is -2.08. The van der Waals surface area contributed by atoms with E-state index in [2.05, 4.69) is 16.5 Å². The minimum absolute atomic E-state index is 0.0407. The molecule has 3 rings (SSSR count). The first-order chi connectivity index (χ1) is 13.5. The molecule has 0 bridgehead atoms. The third-order valence-corrected chi connectivity index (χ3v) is 4.92. The van der Waals surface area contributed by atoms with Crippen LogP contribution in [0, 0.1) is 25.2 Å². The van der Waals surface area contributed by atoms with Gasteiger partial charge in [0.05, 0.1) is 0 Å². The van der Waals surface area contributed by atoms with E-state index in [-0.39, 0.29) is 5.57 Å². The van der Waals surface area contributed by atoms with Crippen molar-refractivity contribution in [1.29, 1.82) is 5.26 Å². The summed E-state index contributed by atoms with van der Waals surface area (Å²) in [7, 11) is 0. The van der Waals surface area contributed by atoms with E-state index in [0.29, 0.717) is 17.3 Å². The van der Waals surface area contributed by atoms with Crippen LogP contribution in [0.4, 0.5) is 5.69 Å². The number of halogens is 1. The SMILES string of the molecule is C=CCn1c(C)c(/C=C(\C#N)C(=O)Nc2ccc(Cl)cc2C)c2ccccc21. The van der Waals surface area contributed by atoms with Gasteiger partial charge < -0.3 is 9.88 Å². The van der Waals surface area contributed by atoms with Gasteiger partial charge in [0.1, 0.15) is 11.6 Å². The van der Waals surface area contributed by atoms with Gasteiger partial charge in [-0.1, -0.05) is 35.9 Å². The lowest BCUT2D eigenvalue weighted by Crippen LogP contribution is -2.14. The van der Waals surface area contributed by atoms with Gasteiger partial charge in [0.2, 0.25) is 0 Å². The summed E-state index contributed by atoms with van der Waals surface area (Å²) >= 11 is 5.97. The van der Waals surface area contributed by atoms with Crippen molar-refractivity contribution in [1.82, 2.24) is 4.57 Å². The second-order valence-corrected chi connectivity index (χ2v) is 6.94. The van der Waals surface area contributed by atoms with E-state index in [1.54, 1.807) is 24.3 Å². The molecule has 0 aliphatic rings. The van der Waals surface area contributed by atoms with Crippen LogP contribution < -0.4 is 5.32 Å². The first-order valence-corrected chi connectivity index (χ1v) is 9.22. The van der Waals surface area contributed by atoms with Crippen LogP contribution in [0.1, 0.15) is 16.8 Å². The molecule has 28 heavy (non-hydrogen) atoms. The highest BCUT2D eigenvalue weighted by atomic mass is 35.5. The minimum atomic E-state index is -0.451. The van der Waals surface area contributed by atoms with Crippen molar-refractivity contribution in [2.45, 2.75) is 20.4 Å². The molecule has 0 saturated heterocycles. The quantitative estimate of drug-likeness (QED) is 0.348. The maximum Gasteiger partial charge on any atom is 0.266 e. The number of hydrogen-bond acceptors (Lipinski definition) is 2. The van der Waals surface area contributed by atoms with Gasteiger partial charge in [-0.25, -0.2) is 0 Å². The fourth-order valence-electron chi connectivity index (χ4n) is 3.25. The Balaban J connectivity index is 2.03. The van der Waals surface area contributed by atoms with Crippen LogP contribution in [0.5, 0.6) is 0 Å². The van der Waals surface area contributed by atoms with Crippen LogP contribution in [0.2, 0.25) is 5.02 Å². The summed E-state index contributed by atoms with van der Waals surface area (Å²) in [6.45, 7) is 8.30. The van der Waals surface area contributed by atoms with Crippen molar-refractivity contribution in [2.75, 3.05) is 5.32 Å². The van der Waals surface area contributed by atoms with Crippen LogP contribution in [0.3, 0.4) is 0 Å². The Kier molecular flexibility index (Phi) is 5.67. The van der Waals surface area contributed by atoms with Crippen LogP contribution in [0.25, 0.3) is 17.0 Å². The number of allylic oxidation sites excluding steroid dienone is 1. The summed E-state index contributed by atoms with van der Waals surface area (Å²) in [4.78, 5) is 12.7. The third kappa shape index (κ3) is 3.71. The average Bonchev–Trinajstić information content (AvgIpc) is 2.94. The lowest BCUT2D eigenvalue weighted by atomic mass is 10.1. The van der Waals surface area contributed by atoms with Crippen LogP contribution >= 0.6 is 11.6 Å². The number of aryl methyl sites for hydroxylation is 1. The van der Waals surface area contributed by atoms with E-state index in [9.17, 15) is 10.1 Å². The Bertz CT molecular complexity index is 1150. The third-order valence-electron chi connectivity index (χ3n) is 4.68. The zero-order valence-electron chi connectivity index (χ0n) is 15.8. The number of rotatable bonds is 5. The summed E-state index contributed by atoms with van der Waals surface area (Å²) in [5.41, 5.74) is 4.37. The highest BCUT2D eigenvalue weighted by Gasteiger charge is 2.16. The standard InChI is InChI=1S/C23H20ClN3O/c1-4-11-27-16(3)20(19-7-5-6-8-22(19)27)13-17(14-25)23(28)26-21-10-9-18(24)12-15(21)2/h4-10,12-13H,1,11H2,2-3H3,(H,26,28)/b17-13+. The summed E-state index contributed by atoms with van der Waals surface area (Å²) in [5, 5.41) is 14.0. The number of carbonyl (C=O) groups excluding carboxylic acids is 1. The summed E-state index contributed by atoms with van der Waals surface area (Å²) in [5.74, 6) is -0.451. The van der Waals surface area contributed by atoms with Gasteiger partial charge in [0.25, 0.3) is 5.91 Å². The molecule has 0 unspecified atom stereocenters. The van der Waals surface area contributed by atoms with Crippen molar-refractivity contribution in [3.8, 4) is 6.07 Å². The highest BCUT2D eigenvalue weighted by Crippen LogP contribution is 2.28. The summed E-state index contributed by atoms with van der Waals surface area (Å²) in [6.07, 6.45) is 3.48. The zero-order valence-corrected chi connectivity index (χ0v) is 16.5. The number of aromatic nitrogens is 1. The molecule has 1 N–H and O–H groups in total. The number of fused-ring (bicyclic) bond motifs is 1. The molecule has 4 nitrogen and oxygen atoms in total. The number of para-hydroxylation sites is 1. The predicted molar refractivity (Wildman–Crippen MR) is 115 cm³/mol. The molecule has 3 aromatic rings. The monoisotopic (exact) mass is 389 g/mol. The molecule has 1 aromatic heterocycles. The highest BCUT2D eigenvalue weighted by molar-refractivity contribution is 6.30. The van der Waals surface area contributed by atoms with Gasteiger partial charge in [-0.3, -0.25) is 4.79 Å². The van der Waals surface area contributed by atoms with Crippen molar-refractivity contribution >= 4 is 40.2 Å². The first-order valence-electron chi connectivity index (χ1n) is 8.84. The second-order valence-electron chi connectivity index (χ2n) is 6.50. The van der Waals surface area contributed by atoms with Gasteiger partial charge in [0.15, 0.2) is 0 Å². The van der Waals surface area contributed by atoms with E-state index >= 15 is 0 Å². The van der Waals surface area contributed by atoms with Crippen LogP contribution in [-0.2, 0) is 11.3 Å². The smallest absolute Gasteiger partial charge is 0.266 e. The van der Waals surface area contributed by atoms with Crippen LogP contribution in [-0.4, -0.2) is 10.5 Å². The van der Waals surface area contributed by atoms with E-state index in [4.69, 9.17) is 11.6 Å². The number of nitriles is 1. The number of benzene rings is 2. The van der Waals surface area contributed by atoms with Crippen molar-refractivity contribution in [3.05, 3.63) is 82.5 Å². The molecule has 0 radical (unpaired) electrons. The van der Waals surface area contributed by atoms with Gasteiger partial charge in [0, 0.05) is 39.4 Å². The summed E-state index contributed by atoms with van der Waals surface area (Å²) in [6, 6.07) is 15.1. The number of anilines is 1. The Morgan fingerprint density at radius 2 is 2.04 bits per heavy atom. The summed E-state index contributed by atoms with van der Waals surface area (Å²) < 4.78 is 2.12. The molecule has 0 aliphatic carbocycles. The zero-order chi connectivity index (χ0) is 20.3. The molecule has 2 aromatic carbocycles. The molecule has 0 saturated carbocycles. The number of nitrogens with one attached hydrogen (secondary N) is 1. The number of hydrogen-bond donors (Lipinski definition) is 1. The molecule has 0 spiro atoms.